The van der Waals surface area contributed by atoms with Crippen molar-refractivity contribution >= 4 is 17.0 Å². The van der Waals surface area contributed by atoms with Crippen molar-refractivity contribution in [1.82, 2.24) is 19.5 Å². The summed E-state index contributed by atoms with van der Waals surface area (Å²) in [6.45, 7) is 0.695. The molecule has 6 rings (SSSR count). The predicted octanol–water partition coefficient (Wildman–Crippen LogP) is 4.14. The zero-order valence-electron chi connectivity index (χ0n) is 19.4. The summed E-state index contributed by atoms with van der Waals surface area (Å²) in [5.74, 6) is 0.830. The molecule has 0 amide bonds. The lowest BCUT2D eigenvalue weighted by Crippen LogP contribution is -2.40. The van der Waals surface area contributed by atoms with Crippen molar-refractivity contribution in [3.8, 4) is 17.3 Å². The molecule has 2 aromatic carbocycles. The SMILES string of the molecule is COc1c(-c2nc3ccncc3o2)nc(N2CCc3ccccc3C2c2ccccc2)n(C)c1=O. The van der Waals surface area contributed by atoms with E-state index in [1.807, 2.05) is 18.2 Å². The van der Waals surface area contributed by atoms with Gasteiger partial charge in [-0.25, -0.2) is 9.97 Å². The Hall–Kier alpha value is -4.46. The van der Waals surface area contributed by atoms with Crippen molar-refractivity contribution < 1.29 is 9.15 Å². The number of methoxy groups -OCH3 is 1. The number of benzene rings is 2. The van der Waals surface area contributed by atoms with Gasteiger partial charge in [0.2, 0.25) is 11.7 Å². The van der Waals surface area contributed by atoms with E-state index in [-0.39, 0.29) is 28.9 Å². The fourth-order valence-electron chi connectivity index (χ4n) is 4.81. The van der Waals surface area contributed by atoms with Crippen LogP contribution in [0.1, 0.15) is 22.7 Å². The number of anilines is 1. The third-order valence-electron chi connectivity index (χ3n) is 6.48. The third kappa shape index (κ3) is 3.45. The van der Waals surface area contributed by atoms with E-state index in [1.165, 1.54) is 22.8 Å². The molecule has 1 unspecified atom stereocenters. The Labute approximate surface area is 201 Å². The maximum Gasteiger partial charge on any atom is 0.297 e. The molecule has 35 heavy (non-hydrogen) atoms. The molecule has 0 aliphatic carbocycles. The Morgan fingerprint density at radius 1 is 1.03 bits per heavy atom. The van der Waals surface area contributed by atoms with E-state index in [2.05, 4.69) is 51.3 Å². The second kappa shape index (κ2) is 8.39. The molecular formula is C27H23N5O3. The minimum absolute atomic E-state index is 0.0874. The lowest BCUT2D eigenvalue weighted by molar-refractivity contribution is 0.401. The molecule has 8 nitrogen and oxygen atoms in total. The second-order valence-corrected chi connectivity index (χ2v) is 8.48. The van der Waals surface area contributed by atoms with Crippen LogP contribution < -0.4 is 15.2 Å². The number of ether oxygens (including phenoxy) is 1. The number of aromatic nitrogens is 4. The number of fused-ring (bicyclic) bond motifs is 2. The molecular weight excluding hydrogens is 442 g/mol. The van der Waals surface area contributed by atoms with Crippen molar-refractivity contribution in [3.63, 3.8) is 0 Å². The van der Waals surface area contributed by atoms with Crippen LogP contribution in [0.4, 0.5) is 5.95 Å². The van der Waals surface area contributed by atoms with Gasteiger partial charge < -0.3 is 14.1 Å². The number of pyridine rings is 1. The van der Waals surface area contributed by atoms with Crippen LogP contribution in [0.5, 0.6) is 5.75 Å². The molecule has 0 saturated heterocycles. The topological polar surface area (TPSA) is 86.3 Å². The van der Waals surface area contributed by atoms with Gasteiger partial charge >= 0.3 is 0 Å². The fraction of sp³-hybridized carbons (Fsp3) is 0.185. The Morgan fingerprint density at radius 2 is 1.83 bits per heavy atom. The quantitative estimate of drug-likeness (QED) is 0.394. The summed E-state index contributed by atoms with van der Waals surface area (Å²) < 4.78 is 12.9. The highest BCUT2D eigenvalue weighted by atomic mass is 16.5. The summed E-state index contributed by atoms with van der Waals surface area (Å²) in [4.78, 5) is 29.2. The summed E-state index contributed by atoms with van der Waals surface area (Å²) in [7, 11) is 3.17. The molecule has 4 heterocycles. The molecule has 0 bridgehead atoms. The number of oxazole rings is 1. The monoisotopic (exact) mass is 465 g/mol. The van der Waals surface area contributed by atoms with E-state index < -0.39 is 0 Å². The largest absolute Gasteiger partial charge is 0.489 e. The molecule has 0 saturated carbocycles. The highest BCUT2D eigenvalue weighted by Crippen LogP contribution is 2.38. The number of nitrogens with zero attached hydrogens (tertiary/aromatic N) is 5. The Morgan fingerprint density at radius 3 is 2.63 bits per heavy atom. The smallest absolute Gasteiger partial charge is 0.297 e. The molecule has 0 fully saturated rings. The fourth-order valence-corrected chi connectivity index (χ4v) is 4.81. The average molecular weight is 466 g/mol. The standard InChI is InChI=1S/C27H23N5O3/c1-31-26(33)24(34-2)22(25-29-20-12-14-28-16-21(20)35-25)30-27(31)32-15-13-17-8-6-7-11-19(17)23(32)18-9-4-3-5-10-18/h3-12,14,16,23H,13,15H2,1-2H3. The van der Waals surface area contributed by atoms with Gasteiger partial charge in [0.25, 0.3) is 11.4 Å². The van der Waals surface area contributed by atoms with Crippen LogP contribution in [0.15, 0.2) is 82.3 Å². The first-order valence-corrected chi connectivity index (χ1v) is 11.4. The summed E-state index contributed by atoms with van der Waals surface area (Å²) in [5, 5.41) is 0. The average Bonchev–Trinajstić information content (AvgIpc) is 3.34. The minimum Gasteiger partial charge on any atom is -0.489 e. The van der Waals surface area contributed by atoms with E-state index in [0.29, 0.717) is 23.6 Å². The van der Waals surface area contributed by atoms with E-state index in [9.17, 15) is 4.79 Å². The summed E-state index contributed by atoms with van der Waals surface area (Å²) in [6, 6.07) is 20.4. The van der Waals surface area contributed by atoms with Crippen LogP contribution in [0.3, 0.4) is 0 Å². The van der Waals surface area contributed by atoms with Gasteiger partial charge in [-0.05, 0) is 29.2 Å². The van der Waals surface area contributed by atoms with Crippen molar-refractivity contribution in [2.24, 2.45) is 7.05 Å². The predicted molar refractivity (Wildman–Crippen MR) is 133 cm³/mol. The zero-order chi connectivity index (χ0) is 23.9. The minimum atomic E-state index is -0.307. The molecule has 0 radical (unpaired) electrons. The lowest BCUT2D eigenvalue weighted by Gasteiger charge is -2.39. The molecule has 1 aliphatic heterocycles. The van der Waals surface area contributed by atoms with Gasteiger partial charge in [-0.2, -0.15) is 0 Å². The van der Waals surface area contributed by atoms with Gasteiger partial charge in [-0.15, -0.1) is 0 Å². The highest BCUT2D eigenvalue weighted by molar-refractivity contribution is 5.75. The molecule has 5 aromatic rings. The van der Waals surface area contributed by atoms with E-state index >= 15 is 0 Å². The van der Waals surface area contributed by atoms with Crippen molar-refractivity contribution in [3.05, 3.63) is 100 Å². The maximum atomic E-state index is 13.5. The van der Waals surface area contributed by atoms with E-state index in [4.69, 9.17) is 14.1 Å². The van der Waals surface area contributed by atoms with Gasteiger partial charge in [0.15, 0.2) is 11.3 Å². The Kier molecular flexibility index (Phi) is 5.06. The molecule has 0 N–H and O–H groups in total. The summed E-state index contributed by atoms with van der Waals surface area (Å²) >= 11 is 0. The van der Waals surface area contributed by atoms with Gasteiger partial charge in [-0.3, -0.25) is 14.3 Å². The van der Waals surface area contributed by atoms with Gasteiger partial charge in [0.05, 0.1) is 19.3 Å². The molecule has 0 spiro atoms. The molecule has 3 aromatic heterocycles. The van der Waals surface area contributed by atoms with Gasteiger partial charge in [-0.1, -0.05) is 54.6 Å². The van der Waals surface area contributed by atoms with E-state index in [0.717, 1.165) is 12.0 Å². The zero-order valence-corrected chi connectivity index (χ0v) is 19.4. The lowest BCUT2D eigenvalue weighted by atomic mass is 9.88. The second-order valence-electron chi connectivity index (χ2n) is 8.48. The number of hydrogen-bond acceptors (Lipinski definition) is 7. The Bertz CT molecular complexity index is 1560. The van der Waals surface area contributed by atoms with Crippen LogP contribution in [0.25, 0.3) is 22.7 Å². The van der Waals surface area contributed by atoms with Crippen LogP contribution in [0, 0.1) is 0 Å². The van der Waals surface area contributed by atoms with Crippen LogP contribution >= 0.6 is 0 Å². The Balaban J connectivity index is 1.57. The number of hydrogen-bond donors (Lipinski definition) is 0. The first-order chi connectivity index (χ1) is 17.2. The highest BCUT2D eigenvalue weighted by Gasteiger charge is 2.33. The van der Waals surface area contributed by atoms with Crippen LogP contribution in [-0.4, -0.2) is 33.2 Å². The summed E-state index contributed by atoms with van der Waals surface area (Å²) in [6.07, 6.45) is 4.07. The first-order valence-electron chi connectivity index (χ1n) is 11.4. The van der Waals surface area contributed by atoms with Gasteiger partial charge in [0.1, 0.15) is 5.52 Å². The normalized spacial score (nSPS) is 15.3. The van der Waals surface area contributed by atoms with Crippen LogP contribution in [0.2, 0.25) is 0 Å². The molecule has 174 valence electrons. The van der Waals surface area contributed by atoms with Gasteiger partial charge in [0, 0.05) is 19.8 Å². The van der Waals surface area contributed by atoms with Crippen molar-refractivity contribution in [2.75, 3.05) is 18.6 Å². The summed E-state index contributed by atoms with van der Waals surface area (Å²) in [5.41, 5.74) is 4.73. The molecule has 1 atom stereocenters. The van der Waals surface area contributed by atoms with Crippen molar-refractivity contribution in [2.45, 2.75) is 12.5 Å². The van der Waals surface area contributed by atoms with Crippen LogP contribution in [-0.2, 0) is 13.5 Å². The van der Waals surface area contributed by atoms with Crippen molar-refractivity contribution in [1.29, 1.82) is 0 Å². The first kappa shape index (κ1) is 21.1. The molecule has 8 heteroatoms. The maximum absolute atomic E-state index is 13.5. The molecule has 1 aliphatic rings. The third-order valence-corrected chi connectivity index (χ3v) is 6.48. The number of rotatable bonds is 4. The van der Waals surface area contributed by atoms with E-state index in [1.54, 1.807) is 25.5 Å².